The van der Waals surface area contributed by atoms with Crippen molar-refractivity contribution in [3.05, 3.63) is 29.3 Å². The van der Waals surface area contributed by atoms with Crippen LogP contribution in [0.1, 0.15) is 29.8 Å². The van der Waals surface area contributed by atoms with E-state index in [-0.39, 0.29) is 29.8 Å². The number of rotatable bonds is 6. The molecule has 0 atom stereocenters. The first-order chi connectivity index (χ1) is 9.20. The van der Waals surface area contributed by atoms with E-state index in [0.29, 0.717) is 5.56 Å². The topological polar surface area (TPSA) is 69.7 Å². The van der Waals surface area contributed by atoms with E-state index >= 15 is 0 Å². The Balaban J connectivity index is 2.76. The van der Waals surface area contributed by atoms with Crippen molar-refractivity contribution in [3.63, 3.8) is 0 Å². The molecule has 0 N–H and O–H groups in total. The molecule has 0 aromatic heterocycles. The Kier molecular flexibility index (Phi) is 5.98. The average molecular weight is 321 g/mol. The summed E-state index contributed by atoms with van der Waals surface area (Å²) in [4.78, 5) is 11.7. The van der Waals surface area contributed by atoms with Crippen LogP contribution in [0.15, 0.2) is 23.1 Å². The van der Waals surface area contributed by atoms with Crippen molar-refractivity contribution < 1.29 is 22.7 Å². The maximum Gasteiger partial charge on any atom is 0.338 e. The number of hydrogen-bond acceptors (Lipinski definition) is 5. The van der Waals surface area contributed by atoms with E-state index < -0.39 is 15.0 Å². The smallest absolute Gasteiger partial charge is 0.338 e. The van der Waals surface area contributed by atoms with Gasteiger partial charge in [0.05, 0.1) is 23.2 Å². The van der Waals surface area contributed by atoms with Crippen molar-refractivity contribution in [2.24, 2.45) is 0 Å². The molecule has 0 aliphatic rings. The molecule has 1 aromatic carbocycles. The van der Waals surface area contributed by atoms with E-state index in [1.807, 2.05) is 13.8 Å². The van der Waals surface area contributed by atoms with Crippen LogP contribution in [0.5, 0.6) is 0 Å². The molecule has 0 aliphatic heterocycles. The molecule has 1 rings (SSSR count). The lowest BCUT2D eigenvalue weighted by atomic mass is 10.1. The minimum Gasteiger partial charge on any atom is -0.460 e. The third-order valence-electron chi connectivity index (χ3n) is 2.34. The fourth-order valence-corrected chi connectivity index (χ4v) is 2.37. The van der Waals surface area contributed by atoms with Crippen molar-refractivity contribution in [1.29, 1.82) is 0 Å². The molecule has 0 aliphatic carbocycles. The third-order valence-corrected chi connectivity index (χ3v) is 3.67. The maximum absolute atomic E-state index is 11.8. The molecule has 0 bridgehead atoms. The number of carbonyl (C=O) groups is 1. The molecule has 0 heterocycles. The lowest BCUT2D eigenvalue weighted by molar-refractivity contribution is 0.0176. The highest BCUT2D eigenvalue weighted by Crippen LogP contribution is 2.19. The Hall–Kier alpha value is -1.11. The van der Waals surface area contributed by atoms with E-state index in [9.17, 15) is 13.2 Å². The number of esters is 1. The maximum atomic E-state index is 11.8. The van der Waals surface area contributed by atoms with Crippen LogP contribution in [0.4, 0.5) is 0 Å². The lowest BCUT2D eigenvalue weighted by Crippen LogP contribution is -2.14. The Morgan fingerprint density at radius 3 is 2.45 bits per heavy atom. The minimum atomic E-state index is -3.88. The van der Waals surface area contributed by atoms with Gasteiger partial charge in [-0.1, -0.05) is 0 Å². The zero-order chi connectivity index (χ0) is 15.3. The van der Waals surface area contributed by atoms with E-state index in [4.69, 9.17) is 20.2 Å². The van der Waals surface area contributed by atoms with Gasteiger partial charge in [0.1, 0.15) is 6.61 Å². The zero-order valence-electron chi connectivity index (χ0n) is 11.6. The Morgan fingerprint density at radius 1 is 1.25 bits per heavy atom. The molecule has 20 heavy (non-hydrogen) atoms. The van der Waals surface area contributed by atoms with Gasteiger partial charge in [-0.3, -0.25) is 0 Å². The van der Waals surface area contributed by atoms with E-state index in [0.717, 1.165) is 0 Å². The standard InChI is InChI=1S/C13H17ClO5S/c1-9(2)18-4-5-19-13(15)11-6-10(3)7-12(8-11)20(14,16)17/h6-9H,4-5H2,1-3H3. The molecular weight excluding hydrogens is 304 g/mol. The second kappa shape index (κ2) is 7.06. The van der Waals surface area contributed by atoms with Gasteiger partial charge in [0, 0.05) is 10.7 Å². The van der Waals surface area contributed by atoms with Gasteiger partial charge in [0.15, 0.2) is 0 Å². The van der Waals surface area contributed by atoms with Crippen LogP contribution < -0.4 is 0 Å². The summed E-state index contributed by atoms with van der Waals surface area (Å²) in [6.45, 7) is 5.81. The molecule has 0 radical (unpaired) electrons. The summed E-state index contributed by atoms with van der Waals surface area (Å²) in [6.07, 6.45) is 0.0562. The number of aryl methyl sites for hydroxylation is 1. The summed E-state index contributed by atoms with van der Waals surface area (Å²) in [6, 6.07) is 4.12. The largest absolute Gasteiger partial charge is 0.460 e. The van der Waals surface area contributed by atoms with Crippen molar-refractivity contribution in [2.45, 2.75) is 31.8 Å². The molecule has 0 amide bonds. The summed E-state index contributed by atoms with van der Waals surface area (Å²) < 4.78 is 32.8. The SMILES string of the molecule is Cc1cc(C(=O)OCCOC(C)C)cc(S(=O)(=O)Cl)c1. The van der Waals surface area contributed by atoms with E-state index in [1.54, 1.807) is 6.92 Å². The van der Waals surface area contributed by atoms with Gasteiger partial charge in [-0.15, -0.1) is 0 Å². The van der Waals surface area contributed by atoms with Gasteiger partial charge in [-0.2, -0.15) is 0 Å². The first-order valence-electron chi connectivity index (χ1n) is 6.05. The number of ether oxygens (including phenoxy) is 2. The Bertz CT molecular complexity index is 580. The zero-order valence-corrected chi connectivity index (χ0v) is 13.1. The quantitative estimate of drug-likeness (QED) is 0.457. The van der Waals surface area contributed by atoms with Crippen LogP contribution >= 0.6 is 10.7 Å². The molecule has 0 unspecified atom stereocenters. The fraction of sp³-hybridized carbons (Fsp3) is 0.462. The predicted molar refractivity (Wildman–Crippen MR) is 75.6 cm³/mol. The highest BCUT2D eigenvalue weighted by molar-refractivity contribution is 8.13. The average Bonchev–Trinajstić information content (AvgIpc) is 2.32. The van der Waals surface area contributed by atoms with Gasteiger partial charge < -0.3 is 9.47 Å². The number of hydrogen-bond donors (Lipinski definition) is 0. The molecule has 0 saturated heterocycles. The monoisotopic (exact) mass is 320 g/mol. The molecule has 1 aromatic rings. The summed E-state index contributed by atoms with van der Waals surface area (Å²) in [5.41, 5.74) is 0.755. The van der Waals surface area contributed by atoms with Crippen LogP contribution in [-0.2, 0) is 18.5 Å². The number of carbonyl (C=O) groups excluding carboxylic acids is 1. The number of benzene rings is 1. The molecule has 0 fully saturated rings. The molecule has 0 saturated carbocycles. The van der Waals surface area contributed by atoms with Crippen LogP contribution in [-0.4, -0.2) is 33.7 Å². The van der Waals surface area contributed by atoms with Gasteiger partial charge in [0.2, 0.25) is 0 Å². The van der Waals surface area contributed by atoms with E-state index in [1.165, 1.54) is 18.2 Å². The Morgan fingerprint density at radius 2 is 1.90 bits per heavy atom. The molecule has 5 nitrogen and oxygen atoms in total. The highest BCUT2D eigenvalue weighted by Gasteiger charge is 2.15. The van der Waals surface area contributed by atoms with Gasteiger partial charge in [0.25, 0.3) is 9.05 Å². The predicted octanol–water partition coefficient (Wildman–Crippen LogP) is 2.50. The normalized spacial score (nSPS) is 11.7. The van der Waals surface area contributed by atoms with Crippen molar-refractivity contribution in [3.8, 4) is 0 Å². The summed E-state index contributed by atoms with van der Waals surface area (Å²) in [5.74, 6) is -0.609. The molecule has 0 spiro atoms. The summed E-state index contributed by atoms with van der Waals surface area (Å²) >= 11 is 0. The first-order valence-corrected chi connectivity index (χ1v) is 8.36. The van der Waals surface area contributed by atoms with Gasteiger partial charge in [-0.05, 0) is 44.5 Å². The van der Waals surface area contributed by atoms with Crippen molar-refractivity contribution >= 4 is 25.7 Å². The van der Waals surface area contributed by atoms with Gasteiger partial charge in [-0.25, -0.2) is 13.2 Å². The van der Waals surface area contributed by atoms with Crippen LogP contribution in [0.2, 0.25) is 0 Å². The second-order valence-electron chi connectivity index (χ2n) is 4.53. The molecular formula is C13H17ClO5S. The fourth-order valence-electron chi connectivity index (χ4n) is 1.51. The number of halogens is 1. The summed E-state index contributed by atoms with van der Waals surface area (Å²) in [5, 5.41) is 0. The van der Waals surface area contributed by atoms with Crippen LogP contribution in [0.25, 0.3) is 0 Å². The molecule has 112 valence electrons. The third kappa shape index (κ3) is 5.48. The van der Waals surface area contributed by atoms with E-state index in [2.05, 4.69) is 0 Å². The van der Waals surface area contributed by atoms with Crippen molar-refractivity contribution in [2.75, 3.05) is 13.2 Å². The second-order valence-corrected chi connectivity index (χ2v) is 7.09. The highest BCUT2D eigenvalue weighted by atomic mass is 35.7. The Labute approximate surface area is 123 Å². The minimum absolute atomic E-state index is 0.0562. The summed E-state index contributed by atoms with van der Waals surface area (Å²) in [7, 11) is 1.39. The van der Waals surface area contributed by atoms with Crippen LogP contribution in [0, 0.1) is 6.92 Å². The van der Waals surface area contributed by atoms with Crippen LogP contribution in [0.3, 0.4) is 0 Å². The lowest BCUT2D eigenvalue weighted by Gasteiger charge is -2.09. The molecule has 7 heteroatoms. The first kappa shape index (κ1) is 16.9. The van der Waals surface area contributed by atoms with Gasteiger partial charge >= 0.3 is 5.97 Å². The van der Waals surface area contributed by atoms with Crippen molar-refractivity contribution in [1.82, 2.24) is 0 Å².